The molecular formula is C20H24N3O4+. The molecule has 1 aliphatic heterocycles. The number of rotatable bonds is 7. The van der Waals surface area contributed by atoms with Gasteiger partial charge in [0.15, 0.2) is 24.6 Å². The molecule has 0 aromatic heterocycles. The van der Waals surface area contributed by atoms with Crippen molar-refractivity contribution in [3.8, 4) is 11.5 Å². The number of quaternary nitrogens is 1. The summed E-state index contributed by atoms with van der Waals surface area (Å²) in [5.74, 6) is 1.17. The number of carbonyl (C=O) groups is 2. The summed E-state index contributed by atoms with van der Waals surface area (Å²) in [5.41, 5.74) is 2.82. The number of aryl methyl sites for hydroxylation is 1. The summed E-state index contributed by atoms with van der Waals surface area (Å²) in [6.45, 7) is 3.05. The Morgan fingerprint density at radius 2 is 1.70 bits per heavy atom. The lowest BCUT2D eigenvalue weighted by Crippen LogP contribution is -3.11. The van der Waals surface area contributed by atoms with Gasteiger partial charge in [0, 0.05) is 12.2 Å². The number of ether oxygens (including phenoxy) is 2. The number of carbonyl (C=O) groups excluding carboxylic acids is 2. The minimum Gasteiger partial charge on any atom is -0.454 e. The molecule has 0 radical (unpaired) electrons. The first kappa shape index (κ1) is 18.7. The van der Waals surface area contributed by atoms with Gasteiger partial charge in [-0.2, -0.15) is 0 Å². The highest BCUT2D eigenvalue weighted by atomic mass is 16.7. The fourth-order valence-electron chi connectivity index (χ4n) is 2.77. The molecule has 0 saturated heterocycles. The van der Waals surface area contributed by atoms with Gasteiger partial charge < -0.3 is 25.0 Å². The Balaban J connectivity index is 1.40. The summed E-state index contributed by atoms with van der Waals surface area (Å²) < 4.78 is 10.6. The Labute approximate surface area is 158 Å². The molecule has 0 spiro atoms. The van der Waals surface area contributed by atoms with Crippen LogP contribution in [0.4, 0.5) is 5.69 Å². The fourth-order valence-corrected chi connectivity index (χ4v) is 2.77. The van der Waals surface area contributed by atoms with E-state index in [1.54, 1.807) is 0 Å². The Morgan fingerprint density at radius 3 is 2.48 bits per heavy atom. The van der Waals surface area contributed by atoms with Crippen molar-refractivity contribution in [2.24, 2.45) is 0 Å². The zero-order valence-electron chi connectivity index (χ0n) is 15.5. The Bertz CT molecular complexity index is 820. The largest absolute Gasteiger partial charge is 0.454 e. The van der Waals surface area contributed by atoms with Crippen LogP contribution < -0.4 is 25.0 Å². The van der Waals surface area contributed by atoms with Crippen LogP contribution in [0.2, 0.25) is 0 Å². The second-order valence-electron chi connectivity index (χ2n) is 6.69. The van der Waals surface area contributed by atoms with E-state index in [1.165, 1.54) is 0 Å². The van der Waals surface area contributed by atoms with E-state index >= 15 is 0 Å². The number of fused-ring (bicyclic) bond motifs is 1. The lowest BCUT2D eigenvalue weighted by atomic mass is 10.2. The first-order valence-corrected chi connectivity index (χ1v) is 8.82. The van der Waals surface area contributed by atoms with Crippen molar-refractivity contribution in [1.82, 2.24) is 5.32 Å². The molecule has 27 heavy (non-hydrogen) atoms. The fraction of sp³-hybridized carbons (Fsp3) is 0.300. The SMILES string of the molecule is Cc1ccc(NC(=O)C[NH+](C)CC(=O)NCc2ccc3c(c2)OCO3)cc1. The van der Waals surface area contributed by atoms with E-state index in [0.29, 0.717) is 18.0 Å². The number of hydrogen-bond donors (Lipinski definition) is 3. The van der Waals surface area contributed by atoms with Crippen molar-refractivity contribution in [2.75, 3.05) is 32.2 Å². The number of hydrogen-bond acceptors (Lipinski definition) is 4. The van der Waals surface area contributed by atoms with Crippen molar-refractivity contribution in [1.29, 1.82) is 0 Å². The van der Waals surface area contributed by atoms with Crippen molar-refractivity contribution in [2.45, 2.75) is 13.5 Å². The van der Waals surface area contributed by atoms with Crippen molar-refractivity contribution < 1.29 is 24.0 Å². The summed E-state index contributed by atoms with van der Waals surface area (Å²) in [5, 5.41) is 5.70. The van der Waals surface area contributed by atoms with Gasteiger partial charge in [0.05, 0.1) is 7.05 Å². The average molecular weight is 370 g/mol. The van der Waals surface area contributed by atoms with Crippen LogP contribution in [0.5, 0.6) is 11.5 Å². The van der Waals surface area contributed by atoms with Crippen molar-refractivity contribution in [3.63, 3.8) is 0 Å². The molecule has 3 rings (SSSR count). The van der Waals surface area contributed by atoms with Gasteiger partial charge in [0.2, 0.25) is 6.79 Å². The maximum Gasteiger partial charge on any atom is 0.279 e. The molecule has 142 valence electrons. The van der Waals surface area contributed by atoms with Gasteiger partial charge in [-0.15, -0.1) is 0 Å². The second-order valence-corrected chi connectivity index (χ2v) is 6.69. The molecule has 2 aromatic carbocycles. The number of likely N-dealkylation sites (N-methyl/N-ethyl adjacent to an activating group) is 1. The van der Waals surface area contributed by atoms with E-state index in [4.69, 9.17) is 9.47 Å². The number of benzene rings is 2. The highest BCUT2D eigenvalue weighted by molar-refractivity contribution is 5.91. The first-order valence-electron chi connectivity index (χ1n) is 8.82. The van der Waals surface area contributed by atoms with Crippen LogP contribution in [0.1, 0.15) is 11.1 Å². The second kappa shape index (κ2) is 8.55. The lowest BCUT2D eigenvalue weighted by Gasteiger charge is -2.14. The maximum absolute atomic E-state index is 12.1. The van der Waals surface area contributed by atoms with E-state index in [0.717, 1.165) is 21.7 Å². The van der Waals surface area contributed by atoms with Crippen LogP contribution in [-0.2, 0) is 16.1 Å². The summed E-state index contributed by atoms with van der Waals surface area (Å²) in [7, 11) is 1.81. The highest BCUT2D eigenvalue weighted by Gasteiger charge is 2.16. The van der Waals surface area contributed by atoms with Crippen LogP contribution in [-0.4, -0.2) is 38.7 Å². The lowest BCUT2D eigenvalue weighted by molar-refractivity contribution is -0.862. The van der Waals surface area contributed by atoms with Gasteiger partial charge in [-0.3, -0.25) is 9.59 Å². The Hall–Kier alpha value is -3.06. The number of nitrogens with one attached hydrogen (secondary N) is 3. The summed E-state index contributed by atoms with van der Waals surface area (Å²) in [6.07, 6.45) is 0. The zero-order valence-corrected chi connectivity index (χ0v) is 15.5. The Kier molecular flexibility index (Phi) is 5.93. The maximum atomic E-state index is 12.1. The monoisotopic (exact) mass is 370 g/mol. The molecule has 1 aliphatic rings. The van der Waals surface area contributed by atoms with E-state index in [-0.39, 0.29) is 31.7 Å². The predicted molar refractivity (Wildman–Crippen MR) is 101 cm³/mol. The van der Waals surface area contributed by atoms with Crippen molar-refractivity contribution >= 4 is 17.5 Å². The van der Waals surface area contributed by atoms with E-state index < -0.39 is 0 Å². The van der Waals surface area contributed by atoms with E-state index in [9.17, 15) is 9.59 Å². The summed E-state index contributed by atoms with van der Waals surface area (Å²) in [6, 6.07) is 13.2. The first-order chi connectivity index (χ1) is 13.0. The summed E-state index contributed by atoms with van der Waals surface area (Å²) in [4.78, 5) is 25.0. The van der Waals surface area contributed by atoms with Gasteiger partial charge in [-0.25, -0.2) is 0 Å². The molecule has 1 heterocycles. The molecule has 1 atom stereocenters. The minimum atomic E-state index is -0.125. The normalized spacial score (nSPS) is 13.1. The zero-order chi connectivity index (χ0) is 19.2. The molecule has 2 amide bonds. The molecule has 1 unspecified atom stereocenters. The molecule has 0 bridgehead atoms. The topological polar surface area (TPSA) is 81.1 Å². The highest BCUT2D eigenvalue weighted by Crippen LogP contribution is 2.32. The van der Waals surface area contributed by atoms with Gasteiger partial charge >= 0.3 is 0 Å². The molecule has 3 N–H and O–H groups in total. The molecule has 7 heteroatoms. The van der Waals surface area contributed by atoms with Crippen LogP contribution >= 0.6 is 0 Å². The quantitative estimate of drug-likeness (QED) is 0.663. The van der Waals surface area contributed by atoms with Crippen LogP contribution in [0.3, 0.4) is 0 Å². The molecule has 7 nitrogen and oxygen atoms in total. The third kappa shape index (κ3) is 5.46. The third-order valence-corrected chi connectivity index (χ3v) is 4.19. The van der Waals surface area contributed by atoms with Crippen molar-refractivity contribution in [3.05, 3.63) is 53.6 Å². The average Bonchev–Trinajstić information content (AvgIpc) is 3.09. The van der Waals surface area contributed by atoms with E-state index in [1.807, 2.05) is 56.4 Å². The Morgan fingerprint density at radius 1 is 1.00 bits per heavy atom. The molecule has 0 saturated carbocycles. The molecule has 0 aliphatic carbocycles. The van der Waals surface area contributed by atoms with Crippen LogP contribution in [0.25, 0.3) is 0 Å². The van der Waals surface area contributed by atoms with Gasteiger partial charge in [0.1, 0.15) is 0 Å². The number of amides is 2. The minimum absolute atomic E-state index is 0.117. The van der Waals surface area contributed by atoms with Gasteiger partial charge in [-0.1, -0.05) is 23.8 Å². The van der Waals surface area contributed by atoms with Gasteiger partial charge in [-0.05, 0) is 36.8 Å². The third-order valence-electron chi connectivity index (χ3n) is 4.19. The molecule has 2 aromatic rings. The predicted octanol–water partition coefficient (Wildman–Crippen LogP) is 0.493. The smallest absolute Gasteiger partial charge is 0.279 e. The van der Waals surface area contributed by atoms with Crippen LogP contribution in [0, 0.1) is 6.92 Å². The van der Waals surface area contributed by atoms with Crippen LogP contribution in [0.15, 0.2) is 42.5 Å². The molecule has 0 fully saturated rings. The molecular weight excluding hydrogens is 346 g/mol. The van der Waals surface area contributed by atoms with E-state index in [2.05, 4.69) is 10.6 Å². The standard InChI is InChI=1S/C20H23N3O4/c1-14-3-6-16(7-4-14)22-20(25)12-23(2)11-19(24)21-10-15-5-8-17-18(9-15)27-13-26-17/h3-9H,10-13H2,1-2H3,(H,21,24)(H,22,25)/p+1. The number of anilines is 1. The summed E-state index contributed by atoms with van der Waals surface area (Å²) >= 11 is 0. The van der Waals surface area contributed by atoms with Gasteiger partial charge in [0.25, 0.3) is 11.8 Å².